The Morgan fingerprint density at radius 1 is 1.11 bits per heavy atom. The Balaban J connectivity index is 1.43. The molecule has 4 rings (SSSR count). The second-order valence-electron chi connectivity index (χ2n) is 5.83. The van der Waals surface area contributed by atoms with Crippen molar-refractivity contribution in [3.63, 3.8) is 0 Å². The summed E-state index contributed by atoms with van der Waals surface area (Å²) < 4.78 is 6.86. The number of carbonyl (C=O) groups is 1. The zero-order valence-electron chi connectivity index (χ0n) is 14.2. The van der Waals surface area contributed by atoms with E-state index in [2.05, 4.69) is 20.4 Å². The number of amides is 1. The van der Waals surface area contributed by atoms with Crippen LogP contribution in [0.1, 0.15) is 5.89 Å². The monoisotopic (exact) mass is 361 g/mol. The molecular weight excluding hydrogens is 346 g/mol. The molecule has 1 aromatic carbocycles. The molecule has 0 aliphatic rings. The third kappa shape index (κ3) is 3.59. The molecule has 1 N–H and O–H groups in total. The van der Waals surface area contributed by atoms with E-state index in [1.54, 1.807) is 47.3 Å². The predicted molar refractivity (Wildman–Crippen MR) is 97.6 cm³/mol. The molecule has 0 saturated carbocycles. The van der Waals surface area contributed by atoms with Crippen LogP contribution in [0.15, 0.2) is 70.2 Å². The van der Waals surface area contributed by atoms with Gasteiger partial charge in [-0.15, -0.1) is 0 Å². The van der Waals surface area contributed by atoms with E-state index in [0.29, 0.717) is 22.4 Å². The average Bonchev–Trinajstić information content (AvgIpc) is 3.19. The number of rotatable bonds is 5. The number of carbonyl (C=O) groups excluding carboxylic acids is 1. The number of benzene rings is 1. The molecule has 27 heavy (non-hydrogen) atoms. The van der Waals surface area contributed by atoms with Crippen LogP contribution in [0.2, 0.25) is 0 Å². The Morgan fingerprint density at radius 2 is 1.96 bits per heavy atom. The number of aromatic nitrogens is 4. The lowest BCUT2D eigenvalue weighted by Gasteiger charge is -2.10. The van der Waals surface area contributed by atoms with Gasteiger partial charge in [0.05, 0.1) is 12.1 Å². The molecule has 1 amide bonds. The first-order valence-corrected chi connectivity index (χ1v) is 8.29. The zero-order chi connectivity index (χ0) is 18.6. The minimum absolute atomic E-state index is 0.0715. The van der Waals surface area contributed by atoms with Crippen LogP contribution in [0.3, 0.4) is 0 Å². The lowest BCUT2D eigenvalue weighted by Crippen LogP contribution is -2.27. The molecule has 0 saturated heterocycles. The van der Waals surface area contributed by atoms with Crippen LogP contribution >= 0.6 is 0 Å². The lowest BCUT2D eigenvalue weighted by atomic mass is 10.2. The second kappa shape index (κ2) is 7.20. The molecule has 0 aliphatic carbocycles. The molecule has 3 aromatic heterocycles. The normalized spacial score (nSPS) is 10.8. The minimum Gasteiger partial charge on any atom is -0.345 e. The van der Waals surface area contributed by atoms with Gasteiger partial charge in [-0.2, -0.15) is 4.98 Å². The third-order valence-electron chi connectivity index (χ3n) is 4.00. The van der Waals surface area contributed by atoms with Gasteiger partial charge < -0.3 is 14.4 Å². The molecule has 0 radical (unpaired) electrons. The van der Waals surface area contributed by atoms with E-state index < -0.39 is 0 Å². The number of hydrogen-bond donors (Lipinski definition) is 1. The Labute approximate surface area is 153 Å². The van der Waals surface area contributed by atoms with E-state index in [-0.39, 0.29) is 30.3 Å². The predicted octanol–water partition coefficient (Wildman–Crippen LogP) is 1.76. The van der Waals surface area contributed by atoms with E-state index in [1.807, 2.05) is 12.1 Å². The molecule has 0 spiro atoms. The van der Waals surface area contributed by atoms with Crippen LogP contribution in [0.25, 0.3) is 22.4 Å². The van der Waals surface area contributed by atoms with Crippen molar-refractivity contribution in [2.45, 2.75) is 13.1 Å². The number of fused-ring (bicyclic) bond motifs is 1. The first-order valence-electron chi connectivity index (χ1n) is 8.29. The molecule has 0 aliphatic heterocycles. The van der Waals surface area contributed by atoms with Crippen molar-refractivity contribution in [2.75, 3.05) is 0 Å². The Morgan fingerprint density at radius 3 is 2.81 bits per heavy atom. The molecule has 4 aromatic rings. The maximum atomic E-state index is 12.3. The van der Waals surface area contributed by atoms with Crippen molar-refractivity contribution in [1.82, 2.24) is 25.0 Å². The van der Waals surface area contributed by atoms with Gasteiger partial charge in [-0.1, -0.05) is 23.4 Å². The van der Waals surface area contributed by atoms with Crippen LogP contribution in [-0.2, 0) is 17.9 Å². The maximum Gasteiger partial charge on any atom is 0.246 e. The molecule has 3 heterocycles. The van der Waals surface area contributed by atoms with Crippen LogP contribution in [0.4, 0.5) is 0 Å². The van der Waals surface area contributed by atoms with E-state index in [1.165, 1.54) is 6.07 Å². The molecule has 8 nitrogen and oxygen atoms in total. The van der Waals surface area contributed by atoms with Gasteiger partial charge in [0.1, 0.15) is 12.2 Å². The first kappa shape index (κ1) is 16.6. The highest BCUT2D eigenvalue weighted by atomic mass is 16.5. The summed E-state index contributed by atoms with van der Waals surface area (Å²) in [6.45, 7) is 0.179. The van der Waals surface area contributed by atoms with Gasteiger partial charge in [0, 0.05) is 23.8 Å². The number of hydrogen-bond acceptors (Lipinski definition) is 6. The van der Waals surface area contributed by atoms with Gasteiger partial charge in [-0.05, 0) is 24.3 Å². The maximum absolute atomic E-state index is 12.3. The largest absolute Gasteiger partial charge is 0.345 e. The summed E-state index contributed by atoms with van der Waals surface area (Å²) in [5, 5.41) is 7.17. The van der Waals surface area contributed by atoms with E-state index >= 15 is 0 Å². The fraction of sp³-hybridized carbons (Fsp3) is 0.105. The standard InChI is InChI=1S/C19H15N5O3/c25-16-8-10-24(15-7-2-1-5-13(15)16)12-17(26)21-11-18-22-19(23-27-18)14-6-3-4-9-20-14/h1-10H,11-12H2,(H,21,26). The average molecular weight is 361 g/mol. The third-order valence-corrected chi connectivity index (χ3v) is 4.00. The van der Waals surface area contributed by atoms with Crippen molar-refractivity contribution in [1.29, 1.82) is 0 Å². The van der Waals surface area contributed by atoms with Gasteiger partial charge in [-0.3, -0.25) is 14.6 Å². The Hall–Kier alpha value is -3.81. The van der Waals surface area contributed by atoms with Crippen molar-refractivity contribution in [2.24, 2.45) is 0 Å². The van der Waals surface area contributed by atoms with Gasteiger partial charge in [0.2, 0.25) is 17.6 Å². The van der Waals surface area contributed by atoms with Crippen LogP contribution in [-0.4, -0.2) is 25.6 Å². The Bertz CT molecular complexity index is 1150. The van der Waals surface area contributed by atoms with Crippen LogP contribution in [0.5, 0.6) is 0 Å². The SMILES string of the molecule is O=C(Cn1ccc(=O)c2ccccc21)NCc1nc(-c2ccccn2)no1. The van der Waals surface area contributed by atoms with Crippen LogP contribution in [0, 0.1) is 0 Å². The highest BCUT2D eigenvalue weighted by molar-refractivity contribution is 5.82. The fourth-order valence-corrected chi connectivity index (χ4v) is 2.71. The zero-order valence-corrected chi connectivity index (χ0v) is 14.2. The molecule has 134 valence electrons. The summed E-state index contributed by atoms with van der Waals surface area (Å²) in [6.07, 6.45) is 3.25. The summed E-state index contributed by atoms with van der Waals surface area (Å²) in [6, 6.07) is 14.0. The van der Waals surface area contributed by atoms with E-state index in [0.717, 1.165) is 0 Å². The summed E-state index contributed by atoms with van der Waals surface area (Å²) in [4.78, 5) is 32.5. The smallest absolute Gasteiger partial charge is 0.246 e. The Kier molecular flexibility index (Phi) is 4.44. The highest BCUT2D eigenvalue weighted by Gasteiger charge is 2.11. The first-order chi connectivity index (χ1) is 13.2. The number of para-hydroxylation sites is 1. The van der Waals surface area contributed by atoms with Gasteiger partial charge >= 0.3 is 0 Å². The molecule has 8 heteroatoms. The number of nitrogens with one attached hydrogen (secondary N) is 1. The lowest BCUT2D eigenvalue weighted by molar-refractivity contribution is -0.121. The molecule has 0 unspecified atom stereocenters. The van der Waals surface area contributed by atoms with Gasteiger partial charge in [-0.25, -0.2) is 0 Å². The minimum atomic E-state index is -0.235. The van der Waals surface area contributed by atoms with Crippen molar-refractivity contribution >= 4 is 16.8 Å². The quantitative estimate of drug-likeness (QED) is 0.581. The fourth-order valence-electron chi connectivity index (χ4n) is 2.71. The summed E-state index contributed by atoms with van der Waals surface area (Å²) in [5.74, 6) is 0.418. The highest BCUT2D eigenvalue weighted by Crippen LogP contribution is 2.12. The topological polar surface area (TPSA) is 103 Å². The van der Waals surface area contributed by atoms with Crippen molar-refractivity contribution < 1.29 is 9.32 Å². The van der Waals surface area contributed by atoms with E-state index in [4.69, 9.17) is 4.52 Å². The summed E-state index contributed by atoms with van der Waals surface area (Å²) >= 11 is 0. The summed E-state index contributed by atoms with van der Waals surface area (Å²) in [7, 11) is 0. The molecular formula is C19H15N5O3. The van der Waals surface area contributed by atoms with E-state index in [9.17, 15) is 9.59 Å². The number of nitrogens with zero attached hydrogens (tertiary/aromatic N) is 4. The van der Waals surface area contributed by atoms with Crippen molar-refractivity contribution in [3.8, 4) is 11.5 Å². The molecule has 0 fully saturated rings. The second-order valence-corrected chi connectivity index (χ2v) is 5.83. The molecule has 0 atom stereocenters. The van der Waals surface area contributed by atoms with Gasteiger partial charge in [0.15, 0.2) is 5.43 Å². The molecule has 0 bridgehead atoms. The van der Waals surface area contributed by atoms with Crippen molar-refractivity contribution in [3.05, 3.63) is 77.0 Å². The van der Waals surface area contributed by atoms with Crippen LogP contribution < -0.4 is 10.7 Å². The number of pyridine rings is 2. The van der Waals surface area contributed by atoms with Gasteiger partial charge in [0.25, 0.3) is 0 Å². The summed E-state index contributed by atoms with van der Waals surface area (Å²) in [5.41, 5.74) is 1.23.